The number of hydrogen-bond acceptors (Lipinski definition) is 9. The minimum absolute atomic E-state index is 0.102. The van der Waals surface area contributed by atoms with Crippen LogP contribution in [0.25, 0.3) is 16.1 Å². The first-order chi connectivity index (χ1) is 17.0. The summed E-state index contributed by atoms with van der Waals surface area (Å²) in [6, 6.07) is 2.64. The maximum absolute atomic E-state index is 13.4. The molecule has 12 heteroatoms. The van der Waals surface area contributed by atoms with E-state index in [1.54, 1.807) is 19.3 Å². The predicted octanol–water partition coefficient (Wildman–Crippen LogP) is 4.72. The molecule has 202 valence electrons. The van der Waals surface area contributed by atoms with Crippen LogP contribution in [0.15, 0.2) is 30.5 Å². The van der Waals surface area contributed by atoms with Crippen molar-refractivity contribution in [1.29, 1.82) is 0 Å². The number of benzene rings is 1. The Labute approximate surface area is 218 Å². The first-order valence-electron chi connectivity index (χ1n) is 11.8. The molecule has 2 aliphatic rings. The average molecular weight is 540 g/mol. The largest absolute Gasteiger partial charge is 0.573 e. The third kappa shape index (κ3) is 6.19. The van der Waals surface area contributed by atoms with E-state index in [4.69, 9.17) is 0 Å². The highest BCUT2D eigenvalue weighted by Gasteiger charge is 2.40. The highest BCUT2D eigenvalue weighted by atomic mass is 32.1. The Kier molecular flexibility index (Phi) is 6.97. The molecule has 1 fully saturated rings. The van der Waals surface area contributed by atoms with E-state index in [-0.39, 0.29) is 33.3 Å². The van der Waals surface area contributed by atoms with Crippen LogP contribution in [0.3, 0.4) is 0 Å². The lowest BCUT2D eigenvalue weighted by Gasteiger charge is -2.48. The lowest BCUT2D eigenvalue weighted by Crippen LogP contribution is -2.61. The summed E-state index contributed by atoms with van der Waals surface area (Å²) in [6.45, 7) is 8.53. The third-order valence-corrected chi connectivity index (χ3v) is 7.55. The van der Waals surface area contributed by atoms with Crippen LogP contribution in [0.5, 0.6) is 11.5 Å². The normalized spacial score (nSPS) is 21.6. The van der Waals surface area contributed by atoms with E-state index in [1.165, 1.54) is 23.1 Å². The Balaban J connectivity index is 1.70. The topological polar surface area (TPSA) is 94.0 Å². The number of phenolic OH excluding ortho intramolecular Hbond substituents is 1. The molecule has 0 saturated carbocycles. The van der Waals surface area contributed by atoms with Crippen molar-refractivity contribution in [3.05, 3.63) is 36.0 Å². The van der Waals surface area contributed by atoms with Crippen molar-refractivity contribution in [3.63, 3.8) is 0 Å². The molecule has 1 aromatic heterocycles. The number of hydrogen-bond donors (Lipinski definition) is 3. The number of alkyl halides is 3. The number of anilines is 1. The van der Waals surface area contributed by atoms with Crippen LogP contribution >= 0.6 is 11.3 Å². The summed E-state index contributed by atoms with van der Waals surface area (Å²) in [4.78, 5) is 3.52. The Morgan fingerprint density at radius 1 is 1.16 bits per heavy atom. The lowest BCUT2D eigenvalue weighted by molar-refractivity contribution is -0.274. The first kappa shape index (κ1) is 27.2. The second-order valence-corrected chi connectivity index (χ2v) is 11.8. The fourth-order valence-electron chi connectivity index (χ4n) is 5.16. The van der Waals surface area contributed by atoms with Gasteiger partial charge in [0.15, 0.2) is 5.01 Å². The van der Waals surface area contributed by atoms with Crippen LogP contribution in [0.2, 0.25) is 0 Å². The molecule has 1 atom stereocenters. The molecule has 1 saturated heterocycles. The van der Waals surface area contributed by atoms with Gasteiger partial charge in [0.25, 0.3) is 0 Å². The summed E-state index contributed by atoms with van der Waals surface area (Å²) in [5.74, 6) is -1.03. The molecular weight excluding hydrogens is 507 g/mol. The van der Waals surface area contributed by atoms with Gasteiger partial charge in [0.1, 0.15) is 17.7 Å². The number of aromatic hydroxyl groups is 1. The number of phenols is 1. The monoisotopic (exact) mass is 539 g/mol. The molecule has 0 radical (unpaired) electrons. The van der Waals surface area contributed by atoms with E-state index in [0.29, 0.717) is 10.7 Å². The molecular formula is C25H32F3N5O3S. The maximum Gasteiger partial charge on any atom is 0.573 e. The number of ether oxygens (including phenoxy) is 1. The van der Waals surface area contributed by atoms with Crippen molar-refractivity contribution in [2.24, 2.45) is 0 Å². The smallest absolute Gasteiger partial charge is 0.507 e. The van der Waals surface area contributed by atoms with E-state index >= 15 is 0 Å². The Hall–Kier alpha value is -2.83. The van der Waals surface area contributed by atoms with Gasteiger partial charge in [-0.05, 0) is 76.0 Å². The zero-order valence-corrected chi connectivity index (χ0v) is 22.4. The predicted molar refractivity (Wildman–Crippen MR) is 137 cm³/mol. The number of likely N-dealkylation sites (N-methyl/N-ethyl adjacent to an activating group) is 1. The van der Waals surface area contributed by atoms with Gasteiger partial charge in [0, 0.05) is 37.4 Å². The summed E-state index contributed by atoms with van der Waals surface area (Å²) in [6.07, 6.45) is 0.407. The summed E-state index contributed by atoms with van der Waals surface area (Å²) < 4.78 is 44.4. The Morgan fingerprint density at radius 2 is 1.81 bits per heavy atom. The van der Waals surface area contributed by atoms with Crippen LogP contribution in [0, 0.1) is 0 Å². The van der Waals surface area contributed by atoms with Gasteiger partial charge in [-0.25, -0.2) is 0 Å². The van der Waals surface area contributed by atoms with E-state index in [9.17, 15) is 23.4 Å². The fraction of sp³-hybridized carbons (Fsp3) is 0.520. The van der Waals surface area contributed by atoms with Crippen LogP contribution in [-0.4, -0.2) is 69.1 Å². The number of piperidine rings is 1. The van der Waals surface area contributed by atoms with E-state index < -0.39 is 24.1 Å². The molecule has 3 N–H and O–H groups in total. The van der Waals surface area contributed by atoms with E-state index in [2.05, 4.69) is 47.9 Å². The molecule has 1 unspecified atom stereocenters. The van der Waals surface area contributed by atoms with Crippen LogP contribution in [-0.2, 0) is 0 Å². The highest BCUT2D eigenvalue weighted by molar-refractivity contribution is 7.18. The third-order valence-electron chi connectivity index (χ3n) is 6.52. The van der Waals surface area contributed by atoms with Crippen molar-refractivity contribution in [1.82, 2.24) is 20.4 Å². The van der Waals surface area contributed by atoms with E-state index in [0.717, 1.165) is 24.2 Å². The molecule has 8 nitrogen and oxygen atoms in total. The summed E-state index contributed by atoms with van der Waals surface area (Å²) in [7, 11) is 3.55. The number of aromatic nitrogens is 2. The zero-order chi connectivity index (χ0) is 27.3. The number of nitrogens with one attached hydrogen (secondary N) is 1. The number of allylic oxidation sites excluding steroid dienone is 2. The lowest BCUT2D eigenvalue weighted by atomic mass is 9.79. The van der Waals surface area contributed by atoms with Crippen molar-refractivity contribution in [3.8, 4) is 22.1 Å². The number of aliphatic hydroxyl groups is 1. The summed E-state index contributed by atoms with van der Waals surface area (Å²) in [5.41, 5.74) is 0.279. The molecule has 0 amide bonds. The van der Waals surface area contributed by atoms with Crippen LogP contribution < -0.4 is 15.0 Å². The second kappa shape index (κ2) is 9.48. The highest BCUT2D eigenvalue weighted by Crippen LogP contribution is 2.45. The molecule has 2 aliphatic heterocycles. The number of aliphatic hydroxyl groups excluding tert-OH is 1. The maximum atomic E-state index is 13.4. The molecule has 37 heavy (non-hydrogen) atoms. The molecule has 0 aliphatic carbocycles. The summed E-state index contributed by atoms with van der Waals surface area (Å²) in [5, 5.41) is 33.6. The minimum Gasteiger partial charge on any atom is -0.507 e. The quantitative estimate of drug-likeness (QED) is 0.503. The minimum atomic E-state index is -4.99. The van der Waals surface area contributed by atoms with Gasteiger partial charge in [-0.2, -0.15) is 0 Å². The van der Waals surface area contributed by atoms with E-state index in [1.807, 2.05) is 11.9 Å². The van der Waals surface area contributed by atoms with Gasteiger partial charge in [0.2, 0.25) is 5.13 Å². The standard InChI is InChI=1S/C25H32F3N5O3S/c1-23(2)12-16(13-24(3,4)31-23)33(6)22-30-29-21(37-22)20-17(34)9-15(10-18(20)36-25(26,27)28)14-7-8-32(5)19(35)11-14/h7-11,16,19,31,34-35H,12-13H2,1-6H3. The van der Waals surface area contributed by atoms with Gasteiger partial charge in [-0.1, -0.05) is 11.3 Å². The van der Waals surface area contributed by atoms with Gasteiger partial charge in [-0.3, -0.25) is 0 Å². The molecule has 4 rings (SSSR count). The molecule has 3 heterocycles. The van der Waals surface area contributed by atoms with Crippen LogP contribution in [0.4, 0.5) is 18.3 Å². The first-order valence-corrected chi connectivity index (χ1v) is 12.6. The SMILES string of the molecule is CN1C=CC(c2cc(O)c(-c3nnc(N(C)C4CC(C)(C)NC(C)(C)C4)s3)c(OC(F)(F)F)c2)=CC1O. The van der Waals surface area contributed by atoms with Crippen molar-refractivity contribution < 1.29 is 28.1 Å². The van der Waals surface area contributed by atoms with Gasteiger partial charge in [-0.15, -0.1) is 23.4 Å². The average Bonchev–Trinajstić information content (AvgIpc) is 3.21. The fourth-order valence-corrected chi connectivity index (χ4v) is 6.09. The summed E-state index contributed by atoms with van der Waals surface area (Å²) >= 11 is 1.09. The Bertz CT molecular complexity index is 1210. The number of halogens is 3. The van der Waals surface area contributed by atoms with Gasteiger partial charge >= 0.3 is 6.36 Å². The number of rotatable bonds is 5. The molecule has 0 spiro atoms. The van der Waals surface area contributed by atoms with Crippen molar-refractivity contribution >= 4 is 22.0 Å². The number of nitrogens with zero attached hydrogens (tertiary/aromatic N) is 4. The van der Waals surface area contributed by atoms with Gasteiger partial charge < -0.3 is 30.1 Å². The second-order valence-electron chi connectivity index (χ2n) is 10.9. The van der Waals surface area contributed by atoms with Crippen LogP contribution in [0.1, 0.15) is 46.1 Å². The molecule has 2 aromatic rings. The van der Waals surface area contributed by atoms with Crippen molar-refractivity contribution in [2.75, 3.05) is 19.0 Å². The molecule has 0 bridgehead atoms. The van der Waals surface area contributed by atoms with Gasteiger partial charge in [0.05, 0.1) is 5.56 Å². The Morgan fingerprint density at radius 3 is 2.41 bits per heavy atom. The van der Waals surface area contributed by atoms with Crippen molar-refractivity contribution in [2.45, 2.75) is 70.2 Å². The molecule has 1 aromatic carbocycles. The zero-order valence-electron chi connectivity index (χ0n) is 21.6.